The Hall–Kier alpha value is -0.149. The molecule has 0 saturated heterocycles. The SMILES string of the molecule is N=[SiH][Si](=N)[Si](=N)N. The summed E-state index contributed by atoms with van der Waals surface area (Å²) in [5.41, 5.74) is 0. The zero-order chi connectivity index (χ0) is 5.86. The third kappa shape index (κ3) is 2.53. The molecule has 7 heavy (non-hydrogen) atoms. The van der Waals surface area contributed by atoms with E-state index < -0.39 is 24.7 Å². The van der Waals surface area contributed by atoms with Gasteiger partial charge in [-0.05, 0) is 0 Å². The molecule has 7 heteroatoms. The van der Waals surface area contributed by atoms with Crippen molar-refractivity contribution in [2.45, 2.75) is 0 Å². The summed E-state index contributed by atoms with van der Waals surface area (Å²) in [5, 5.41) is 25.6. The molecule has 0 spiro atoms. The molecule has 0 heterocycles. The molecule has 0 radical (unpaired) electrons. The second-order valence-corrected chi connectivity index (χ2v) is 10.5. The number of nitrogens with two attached hydrogens (primary N) is 1. The molecule has 0 rings (SSSR count). The molecule has 5 N–H and O–H groups in total. The quantitative estimate of drug-likeness (QED) is 0.365. The molecule has 0 amide bonds. The van der Waals surface area contributed by atoms with E-state index >= 15 is 0 Å². The van der Waals surface area contributed by atoms with Crippen molar-refractivity contribution in [1.29, 1.82) is 15.2 Å². The monoisotopic (exact) mass is 146 g/mol. The second-order valence-electron chi connectivity index (χ2n) is 0.972. The smallest absolute Gasteiger partial charge is 0.254 e. The van der Waals surface area contributed by atoms with Crippen molar-refractivity contribution in [1.82, 2.24) is 0 Å². The number of hydrogen-bond acceptors (Lipinski definition) is 3. The fourth-order valence-electron chi connectivity index (χ4n) is 0.0778. The first-order valence-corrected chi connectivity index (χ1v) is 8.08. The van der Waals surface area contributed by atoms with Crippen molar-refractivity contribution in [3.05, 3.63) is 0 Å². The van der Waals surface area contributed by atoms with E-state index in [0.717, 1.165) is 0 Å². The van der Waals surface area contributed by atoms with Gasteiger partial charge in [0.1, 0.15) is 8.83 Å². The Kier molecular flexibility index (Phi) is 2.87. The molecule has 0 unspecified atom stereocenters. The van der Waals surface area contributed by atoms with Crippen molar-refractivity contribution in [2.24, 2.45) is 5.40 Å². The van der Waals surface area contributed by atoms with Crippen LogP contribution in [0.4, 0.5) is 0 Å². The van der Waals surface area contributed by atoms with E-state index in [2.05, 4.69) is 0 Å². The van der Waals surface area contributed by atoms with Crippen LogP contribution in [0.25, 0.3) is 0 Å². The maximum Gasteiger partial charge on any atom is 0.254 e. The van der Waals surface area contributed by atoms with Gasteiger partial charge in [0, 0.05) is 0 Å². The van der Waals surface area contributed by atoms with Gasteiger partial charge in [0.15, 0.2) is 7.62 Å². The molecule has 0 saturated carbocycles. The number of rotatable bonds is 2. The van der Waals surface area contributed by atoms with E-state index in [1.165, 1.54) is 0 Å². The van der Waals surface area contributed by atoms with Crippen LogP contribution in [0, 0.1) is 15.2 Å². The van der Waals surface area contributed by atoms with Gasteiger partial charge in [0.2, 0.25) is 0 Å². The Morgan fingerprint density at radius 3 is 1.86 bits per heavy atom. The van der Waals surface area contributed by atoms with Crippen LogP contribution in [0.3, 0.4) is 0 Å². The summed E-state index contributed by atoms with van der Waals surface area (Å²) in [5.74, 6) is 0. The minimum absolute atomic E-state index is 0.547. The van der Waals surface area contributed by atoms with Crippen LogP contribution in [0.5, 0.6) is 0 Å². The normalized spacial score (nSPS) is 7.43. The standard InChI is InChI=1S/H6N4Si3/c1-5-7(4)6(2)3/h1-2,4-5H,3H2. The lowest BCUT2D eigenvalue weighted by atomic mass is 13.9. The zero-order valence-corrected chi connectivity index (χ0v) is 6.81. The molecule has 0 aromatic rings. The fraction of sp³-hybridized carbons (Fsp3) is 0. The highest BCUT2D eigenvalue weighted by Crippen LogP contribution is 1.51. The highest BCUT2D eigenvalue weighted by atomic mass is 29.5. The molecular weight excluding hydrogens is 140 g/mol. The molecule has 38 valence electrons. The van der Waals surface area contributed by atoms with E-state index in [4.69, 9.17) is 20.6 Å². The maximum atomic E-state index is 6.96. The summed E-state index contributed by atoms with van der Waals surface area (Å²) in [6, 6.07) is 0. The average Bonchev–Trinajstić information content (AvgIpc) is 1.65. The van der Waals surface area contributed by atoms with Gasteiger partial charge >= 0.3 is 0 Å². The Morgan fingerprint density at radius 2 is 1.86 bits per heavy atom. The van der Waals surface area contributed by atoms with E-state index in [1.54, 1.807) is 0 Å². The van der Waals surface area contributed by atoms with Crippen LogP contribution in [-0.2, 0) is 0 Å². The van der Waals surface area contributed by atoms with Crippen molar-refractivity contribution >= 4 is 24.7 Å². The van der Waals surface area contributed by atoms with Gasteiger partial charge in [-0.2, -0.15) is 0 Å². The Morgan fingerprint density at radius 1 is 1.43 bits per heavy atom. The molecule has 0 aliphatic rings. The van der Waals surface area contributed by atoms with Gasteiger partial charge in [0.05, 0.1) is 0 Å². The van der Waals surface area contributed by atoms with Crippen molar-refractivity contribution in [3.8, 4) is 0 Å². The van der Waals surface area contributed by atoms with Gasteiger partial charge in [-0.1, -0.05) is 0 Å². The first kappa shape index (κ1) is 6.85. The highest BCUT2D eigenvalue weighted by Gasteiger charge is 1.96. The first-order valence-electron chi connectivity index (χ1n) is 1.62. The predicted octanol–water partition coefficient (Wildman–Crippen LogP) is -1.11. The lowest BCUT2D eigenvalue weighted by molar-refractivity contribution is 1.53. The van der Waals surface area contributed by atoms with Gasteiger partial charge in [-0.15, -0.1) is 0 Å². The predicted molar refractivity (Wildman–Crippen MR) is 31.0 cm³/mol. The molecule has 0 bridgehead atoms. The van der Waals surface area contributed by atoms with E-state index in [0.29, 0.717) is 0 Å². The summed E-state index contributed by atoms with van der Waals surface area (Å²) >= 11 is 0. The van der Waals surface area contributed by atoms with E-state index in [9.17, 15) is 0 Å². The molecule has 0 aromatic carbocycles. The van der Waals surface area contributed by atoms with Crippen LogP contribution in [0.15, 0.2) is 0 Å². The van der Waals surface area contributed by atoms with Crippen LogP contribution in [-0.4, -0.2) is 24.7 Å². The molecule has 0 aliphatic carbocycles. The second kappa shape index (κ2) is 2.93. The van der Waals surface area contributed by atoms with Crippen molar-refractivity contribution < 1.29 is 0 Å². The van der Waals surface area contributed by atoms with Crippen molar-refractivity contribution in [2.75, 3.05) is 0 Å². The van der Waals surface area contributed by atoms with Crippen LogP contribution >= 0.6 is 0 Å². The summed E-state index contributed by atoms with van der Waals surface area (Å²) in [7, 11) is -3.54. The van der Waals surface area contributed by atoms with Crippen LogP contribution in [0.2, 0.25) is 0 Å². The molecule has 0 fully saturated rings. The van der Waals surface area contributed by atoms with Gasteiger partial charge in [0.25, 0.3) is 8.27 Å². The third-order valence-corrected chi connectivity index (χ3v) is 8.01. The Labute approximate surface area is 46.0 Å². The summed E-state index contributed by atoms with van der Waals surface area (Å²) < 4.78 is 0. The Balaban J connectivity index is 3.81. The molecular formula is H6N4Si3. The average molecular weight is 146 g/mol. The zero-order valence-electron chi connectivity index (χ0n) is 3.65. The molecule has 0 aliphatic heterocycles. The lowest BCUT2D eigenvalue weighted by Gasteiger charge is -1.80. The van der Waals surface area contributed by atoms with Crippen LogP contribution < -0.4 is 5.40 Å². The topological polar surface area (TPSA) is 97.6 Å². The number of nitrogens with one attached hydrogen (secondary N) is 3. The van der Waals surface area contributed by atoms with Gasteiger partial charge < -0.3 is 20.6 Å². The largest absolute Gasteiger partial charge is 0.419 e. The van der Waals surface area contributed by atoms with Gasteiger partial charge in [-0.3, -0.25) is 0 Å². The highest BCUT2D eigenvalue weighted by molar-refractivity contribution is 7.31. The molecule has 0 aromatic heterocycles. The van der Waals surface area contributed by atoms with Gasteiger partial charge in [-0.25, -0.2) is 0 Å². The maximum absolute atomic E-state index is 6.96. The first-order chi connectivity index (χ1) is 3.18. The minimum atomic E-state index is -1.60. The van der Waals surface area contributed by atoms with Crippen molar-refractivity contribution in [3.63, 3.8) is 0 Å². The molecule has 4 nitrogen and oxygen atoms in total. The summed E-state index contributed by atoms with van der Waals surface area (Å²) in [4.78, 5) is 0. The van der Waals surface area contributed by atoms with Crippen LogP contribution in [0.1, 0.15) is 0 Å². The summed E-state index contributed by atoms with van der Waals surface area (Å²) in [6.45, 7) is 0. The minimum Gasteiger partial charge on any atom is -0.419 e. The van der Waals surface area contributed by atoms with E-state index in [1.807, 2.05) is 0 Å². The number of hydrogen-bond donors (Lipinski definition) is 4. The third-order valence-electron chi connectivity index (χ3n) is 0.435. The molecule has 0 atom stereocenters. The Bertz CT molecular complexity index is 114. The summed E-state index contributed by atoms with van der Waals surface area (Å²) in [6.07, 6.45) is 0. The fourth-order valence-corrected chi connectivity index (χ4v) is 2.10. The van der Waals surface area contributed by atoms with E-state index in [-0.39, 0.29) is 0 Å². The lowest BCUT2D eigenvalue weighted by Crippen LogP contribution is -2.29.